The number of allylic oxidation sites excluding steroid dienone is 2. The van der Waals surface area contributed by atoms with Crippen molar-refractivity contribution in [3.8, 4) is 11.5 Å². The van der Waals surface area contributed by atoms with Crippen LogP contribution in [-0.2, 0) is 9.53 Å². The van der Waals surface area contributed by atoms with Crippen LogP contribution in [-0.4, -0.2) is 23.9 Å². The average molecular weight is 289 g/mol. The molecule has 2 aliphatic heterocycles. The second kappa shape index (κ2) is 4.44. The molecule has 110 valence electrons. The number of rotatable bonds is 1. The molecule has 1 atom stereocenters. The molecule has 3 rings (SSSR count). The van der Waals surface area contributed by atoms with Gasteiger partial charge in [0.15, 0.2) is 0 Å². The number of methoxy groups -OCH3 is 1. The number of anilines is 1. The highest BCUT2D eigenvalue weighted by Crippen LogP contribution is 2.45. The lowest BCUT2D eigenvalue weighted by molar-refractivity contribution is -0.138. The molecule has 0 radical (unpaired) electrons. The molecule has 0 unspecified atom stereocenters. The molecule has 1 spiro atoms. The van der Waals surface area contributed by atoms with Gasteiger partial charge in [0.2, 0.25) is 5.72 Å². The highest BCUT2D eigenvalue weighted by molar-refractivity contribution is 5.95. The number of aliphatic hydroxyl groups is 1. The van der Waals surface area contributed by atoms with Gasteiger partial charge in [0.1, 0.15) is 28.6 Å². The molecule has 0 aromatic heterocycles. The van der Waals surface area contributed by atoms with Crippen LogP contribution in [0.1, 0.15) is 13.8 Å². The monoisotopic (exact) mass is 289 g/mol. The lowest BCUT2D eigenvalue weighted by atomic mass is 9.98. The van der Waals surface area contributed by atoms with Gasteiger partial charge in [-0.15, -0.1) is 0 Å². The highest BCUT2D eigenvalue weighted by Gasteiger charge is 2.49. The van der Waals surface area contributed by atoms with Crippen LogP contribution in [0.2, 0.25) is 0 Å². The maximum absolute atomic E-state index is 12.1. The Morgan fingerprint density at radius 1 is 1.43 bits per heavy atom. The van der Waals surface area contributed by atoms with Crippen LogP contribution < -0.4 is 14.8 Å². The third kappa shape index (κ3) is 1.99. The minimum absolute atomic E-state index is 0.0308. The van der Waals surface area contributed by atoms with Crippen molar-refractivity contribution in [2.24, 2.45) is 0 Å². The van der Waals surface area contributed by atoms with Gasteiger partial charge in [-0.25, -0.2) is 4.79 Å². The Balaban J connectivity index is 2.11. The van der Waals surface area contributed by atoms with E-state index in [1.807, 2.05) is 0 Å². The Labute approximate surface area is 121 Å². The summed E-state index contributed by atoms with van der Waals surface area (Å²) in [5.41, 5.74) is -0.553. The third-order valence-corrected chi connectivity index (χ3v) is 3.38. The van der Waals surface area contributed by atoms with E-state index >= 15 is 0 Å². The molecule has 0 saturated carbocycles. The minimum atomic E-state index is -1.26. The molecule has 0 fully saturated rings. The molecular weight excluding hydrogens is 274 g/mol. The summed E-state index contributed by atoms with van der Waals surface area (Å²) in [5, 5.41) is 13.0. The van der Waals surface area contributed by atoms with Crippen molar-refractivity contribution in [2.75, 3.05) is 12.4 Å². The van der Waals surface area contributed by atoms with E-state index in [1.165, 1.54) is 6.92 Å². The van der Waals surface area contributed by atoms with Gasteiger partial charge < -0.3 is 24.6 Å². The smallest absolute Gasteiger partial charge is 0.349 e. The Bertz CT molecular complexity index is 687. The largest absolute Gasteiger partial charge is 0.512 e. The molecule has 21 heavy (non-hydrogen) atoms. The Morgan fingerprint density at radius 3 is 2.86 bits per heavy atom. The quantitative estimate of drug-likeness (QED) is 0.470. The molecule has 2 heterocycles. The van der Waals surface area contributed by atoms with Crippen LogP contribution in [0.5, 0.6) is 11.5 Å². The molecule has 1 aromatic rings. The van der Waals surface area contributed by atoms with Crippen molar-refractivity contribution in [2.45, 2.75) is 19.6 Å². The fraction of sp³-hybridized carbons (Fsp3) is 0.267. The molecule has 2 N–H and O–H groups in total. The average Bonchev–Trinajstić information content (AvgIpc) is 2.73. The SMILES string of the molecule is COc1ccc2c(c1)N[C@]1(C=C(C)OC(=O)C1=C(C)O)O2. The summed E-state index contributed by atoms with van der Waals surface area (Å²) in [4.78, 5) is 12.1. The maximum Gasteiger partial charge on any atom is 0.349 e. The van der Waals surface area contributed by atoms with Crippen molar-refractivity contribution in [1.29, 1.82) is 0 Å². The zero-order valence-electron chi connectivity index (χ0n) is 11.9. The van der Waals surface area contributed by atoms with Crippen LogP contribution in [0.3, 0.4) is 0 Å². The standard InChI is InChI=1S/C15H15NO5/c1-8-7-15(13(9(2)17)14(18)20-8)16-11-6-10(19-3)4-5-12(11)21-15/h4-7,16-17H,1-3H3/t15-/m1/s1. The second-order valence-corrected chi connectivity index (χ2v) is 4.93. The van der Waals surface area contributed by atoms with Gasteiger partial charge in [0, 0.05) is 12.1 Å². The Hall–Kier alpha value is -2.63. The number of esters is 1. The lowest BCUT2D eigenvalue weighted by Gasteiger charge is -2.31. The summed E-state index contributed by atoms with van der Waals surface area (Å²) in [5.74, 6) is 0.830. The van der Waals surface area contributed by atoms with Crippen molar-refractivity contribution in [3.63, 3.8) is 0 Å². The summed E-state index contributed by atoms with van der Waals surface area (Å²) >= 11 is 0. The van der Waals surface area contributed by atoms with Crippen LogP contribution in [0.25, 0.3) is 0 Å². The number of carbonyl (C=O) groups is 1. The number of cyclic esters (lactones) is 1. The van der Waals surface area contributed by atoms with Crippen molar-refractivity contribution >= 4 is 11.7 Å². The first kappa shape index (κ1) is 13.4. The van der Waals surface area contributed by atoms with Crippen LogP contribution >= 0.6 is 0 Å². The van der Waals surface area contributed by atoms with Gasteiger partial charge in [-0.3, -0.25) is 0 Å². The summed E-state index contributed by atoms with van der Waals surface area (Å²) in [6.45, 7) is 3.07. The lowest BCUT2D eigenvalue weighted by Crippen LogP contribution is -2.47. The van der Waals surface area contributed by atoms with E-state index in [9.17, 15) is 9.90 Å². The topological polar surface area (TPSA) is 77.0 Å². The molecule has 0 saturated heterocycles. The van der Waals surface area contributed by atoms with Gasteiger partial charge >= 0.3 is 5.97 Å². The normalized spacial score (nSPS) is 25.5. The van der Waals surface area contributed by atoms with E-state index < -0.39 is 11.7 Å². The third-order valence-electron chi connectivity index (χ3n) is 3.38. The summed E-state index contributed by atoms with van der Waals surface area (Å²) < 4.78 is 16.1. The van der Waals surface area contributed by atoms with Gasteiger partial charge in [0.05, 0.1) is 12.8 Å². The molecule has 6 nitrogen and oxygen atoms in total. The molecule has 1 aromatic carbocycles. The first-order valence-electron chi connectivity index (χ1n) is 6.42. The fourth-order valence-corrected chi connectivity index (χ4v) is 2.55. The Kier molecular flexibility index (Phi) is 2.83. The number of benzene rings is 1. The zero-order valence-corrected chi connectivity index (χ0v) is 11.9. The van der Waals surface area contributed by atoms with Crippen LogP contribution in [0.15, 0.2) is 41.4 Å². The van der Waals surface area contributed by atoms with E-state index in [0.717, 1.165) is 0 Å². The highest BCUT2D eigenvalue weighted by atomic mass is 16.6. The fourth-order valence-electron chi connectivity index (χ4n) is 2.55. The maximum atomic E-state index is 12.1. The van der Waals surface area contributed by atoms with Gasteiger partial charge in [-0.05, 0) is 26.0 Å². The summed E-state index contributed by atoms with van der Waals surface area (Å²) in [6.07, 6.45) is 1.62. The minimum Gasteiger partial charge on any atom is -0.512 e. The molecule has 0 bridgehead atoms. The van der Waals surface area contributed by atoms with Crippen molar-refractivity contribution in [3.05, 3.63) is 41.4 Å². The number of fused-ring (bicyclic) bond motifs is 1. The van der Waals surface area contributed by atoms with Crippen LogP contribution in [0.4, 0.5) is 5.69 Å². The van der Waals surface area contributed by atoms with Gasteiger partial charge in [0.25, 0.3) is 0 Å². The van der Waals surface area contributed by atoms with E-state index in [-0.39, 0.29) is 11.3 Å². The summed E-state index contributed by atoms with van der Waals surface area (Å²) in [6, 6.07) is 5.26. The first-order valence-corrected chi connectivity index (χ1v) is 6.42. The van der Waals surface area contributed by atoms with Gasteiger partial charge in [-0.1, -0.05) is 0 Å². The van der Waals surface area contributed by atoms with Gasteiger partial charge in [-0.2, -0.15) is 0 Å². The van der Waals surface area contributed by atoms with E-state index in [4.69, 9.17) is 14.2 Å². The first-order chi connectivity index (χ1) is 9.95. The predicted molar refractivity (Wildman–Crippen MR) is 75.2 cm³/mol. The molecular formula is C15H15NO5. The molecule has 0 aliphatic carbocycles. The molecule has 2 aliphatic rings. The molecule has 0 amide bonds. The number of nitrogens with one attached hydrogen (secondary N) is 1. The number of aliphatic hydroxyl groups excluding tert-OH is 1. The zero-order chi connectivity index (χ0) is 15.2. The van der Waals surface area contributed by atoms with E-state index in [0.29, 0.717) is 22.9 Å². The molecule has 6 heteroatoms. The van der Waals surface area contributed by atoms with E-state index in [1.54, 1.807) is 38.3 Å². The number of ether oxygens (including phenoxy) is 3. The van der Waals surface area contributed by atoms with Crippen molar-refractivity contribution in [1.82, 2.24) is 0 Å². The van der Waals surface area contributed by atoms with Crippen molar-refractivity contribution < 1.29 is 24.1 Å². The number of carbonyl (C=O) groups excluding carboxylic acids is 1. The van der Waals surface area contributed by atoms with E-state index in [2.05, 4.69) is 5.32 Å². The second-order valence-electron chi connectivity index (χ2n) is 4.93. The van der Waals surface area contributed by atoms with Crippen LogP contribution in [0, 0.1) is 0 Å². The predicted octanol–water partition coefficient (Wildman–Crippen LogP) is 2.49. The summed E-state index contributed by atoms with van der Waals surface area (Å²) in [7, 11) is 1.57. The number of hydrogen-bond acceptors (Lipinski definition) is 6. The Morgan fingerprint density at radius 2 is 2.19 bits per heavy atom. The number of hydrogen-bond donors (Lipinski definition) is 2.